The number of aromatic amines is 1. The molecule has 1 aromatic rings. The predicted octanol–water partition coefficient (Wildman–Crippen LogP) is 0.428. The van der Waals surface area contributed by atoms with Crippen molar-refractivity contribution < 1.29 is 9.90 Å². The lowest BCUT2D eigenvalue weighted by atomic mass is 9.99. The van der Waals surface area contributed by atoms with Crippen LogP contribution in [0.3, 0.4) is 0 Å². The van der Waals surface area contributed by atoms with Crippen molar-refractivity contribution in [2.45, 2.75) is 50.8 Å². The molecule has 0 radical (unpaired) electrons. The summed E-state index contributed by atoms with van der Waals surface area (Å²) in [6.07, 6.45) is 3.01. The average molecular weight is 250 g/mol. The molecule has 2 unspecified atom stereocenters. The fourth-order valence-electron chi connectivity index (χ4n) is 3.20. The lowest BCUT2D eigenvalue weighted by molar-refractivity contribution is 0.0283. The molecule has 18 heavy (non-hydrogen) atoms. The Balaban J connectivity index is 1.88. The molecule has 0 aliphatic carbocycles. The topological polar surface area (TPSA) is 95.2 Å². The molecule has 2 fully saturated rings. The summed E-state index contributed by atoms with van der Waals surface area (Å²) in [6.45, 7) is 1.80. The van der Waals surface area contributed by atoms with E-state index >= 15 is 0 Å². The highest BCUT2D eigenvalue weighted by Gasteiger charge is 2.43. The number of fused-ring (bicyclic) bond motifs is 2. The van der Waals surface area contributed by atoms with Crippen LogP contribution < -0.4 is 5.73 Å². The van der Waals surface area contributed by atoms with Crippen molar-refractivity contribution in [1.82, 2.24) is 15.1 Å². The van der Waals surface area contributed by atoms with E-state index in [-0.39, 0.29) is 24.1 Å². The van der Waals surface area contributed by atoms with Gasteiger partial charge in [-0.05, 0) is 32.6 Å². The highest BCUT2D eigenvalue weighted by atomic mass is 16.3. The number of nitrogens with zero attached hydrogens (tertiary/aromatic N) is 2. The molecule has 4 N–H and O–H groups in total. The van der Waals surface area contributed by atoms with Gasteiger partial charge in [0.25, 0.3) is 5.91 Å². The summed E-state index contributed by atoms with van der Waals surface area (Å²) in [5, 5.41) is 16.5. The molecule has 1 amide bonds. The summed E-state index contributed by atoms with van der Waals surface area (Å²) in [5.41, 5.74) is 7.34. The fourth-order valence-corrected chi connectivity index (χ4v) is 3.20. The zero-order valence-electron chi connectivity index (χ0n) is 10.4. The van der Waals surface area contributed by atoms with Gasteiger partial charge < -0.3 is 15.7 Å². The van der Waals surface area contributed by atoms with E-state index in [0.717, 1.165) is 18.5 Å². The number of H-pyrrole nitrogens is 1. The van der Waals surface area contributed by atoms with Gasteiger partial charge in [0.05, 0.1) is 17.5 Å². The van der Waals surface area contributed by atoms with E-state index in [0.29, 0.717) is 24.2 Å². The molecule has 2 saturated heterocycles. The second kappa shape index (κ2) is 3.98. The minimum atomic E-state index is -0.273. The molecule has 0 spiro atoms. The number of hydrogen-bond acceptors (Lipinski definition) is 4. The first kappa shape index (κ1) is 11.5. The van der Waals surface area contributed by atoms with Crippen LogP contribution in [0.25, 0.3) is 0 Å². The highest BCUT2D eigenvalue weighted by molar-refractivity contribution is 5.98. The number of rotatable bonds is 1. The van der Waals surface area contributed by atoms with Gasteiger partial charge in [-0.25, -0.2) is 0 Å². The number of aromatic nitrogens is 2. The van der Waals surface area contributed by atoms with Crippen molar-refractivity contribution >= 4 is 11.6 Å². The van der Waals surface area contributed by atoms with Crippen molar-refractivity contribution in [1.29, 1.82) is 0 Å². The van der Waals surface area contributed by atoms with Gasteiger partial charge >= 0.3 is 0 Å². The van der Waals surface area contributed by atoms with E-state index in [2.05, 4.69) is 10.2 Å². The van der Waals surface area contributed by atoms with Gasteiger partial charge in [-0.2, -0.15) is 5.10 Å². The number of nitrogens with two attached hydrogens (primary N) is 1. The number of nitrogens with one attached hydrogen (secondary N) is 1. The quantitative estimate of drug-likeness (QED) is 0.673. The summed E-state index contributed by atoms with van der Waals surface area (Å²) in [5.74, 6) is -0.101. The number of aliphatic hydroxyl groups excluding tert-OH is 1. The maximum absolute atomic E-state index is 12.5. The molecule has 2 aliphatic rings. The van der Waals surface area contributed by atoms with Crippen molar-refractivity contribution in [3.8, 4) is 0 Å². The Bertz CT molecular complexity index is 470. The van der Waals surface area contributed by atoms with Gasteiger partial charge in [-0.1, -0.05) is 0 Å². The van der Waals surface area contributed by atoms with Crippen LogP contribution in [-0.4, -0.2) is 44.3 Å². The third-order valence-electron chi connectivity index (χ3n) is 4.14. The summed E-state index contributed by atoms with van der Waals surface area (Å²) < 4.78 is 0. The number of carbonyl (C=O) groups excluding carboxylic acids is 1. The van der Waals surface area contributed by atoms with Gasteiger partial charge in [0, 0.05) is 12.1 Å². The minimum absolute atomic E-state index is 0.101. The molecule has 2 atom stereocenters. The number of aryl methyl sites for hydroxylation is 1. The molecular weight excluding hydrogens is 232 g/mol. The molecule has 2 bridgehead atoms. The van der Waals surface area contributed by atoms with Crippen LogP contribution in [0.5, 0.6) is 0 Å². The lowest BCUT2D eigenvalue weighted by Crippen LogP contribution is -2.48. The highest BCUT2D eigenvalue weighted by Crippen LogP contribution is 2.37. The van der Waals surface area contributed by atoms with E-state index in [4.69, 9.17) is 5.73 Å². The number of anilines is 1. The van der Waals surface area contributed by atoms with Crippen LogP contribution >= 0.6 is 0 Å². The van der Waals surface area contributed by atoms with Crippen molar-refractivity contribution in [2.24, 2.45) is 0 Å². The molecule has 6 nitrogen and oxygen atoms in total. The first-order chi connectivity index (χ1) is 8.58. The third-order valence-corrected chi connectivity index (χ3v) is 4.14. The van der Waals surface area contributed by atoms with Crippen LogP contribution in [-0.2, 0) is 0 Å². The second-order valence-corrected chi connectivity index (χ2v) is 5.33. The molecule has 6 heteroatoms. The Morgan fingerprint density at radius 3 is 2.56 bits per heavy atom. The van der Waals surface area contributed by atoms with E-state index < -0.39 is 0 Å². The van der Waals surface area contributed by atoms with Crippen molar-refractivity contribution in [3.63, 3.8) is 0 Å². The summed E-state index contributed by atoms with van der Waals surface area (Å²) in [7, 11) is 0. The molecule has 0 aromatic carbocycles. The Morgan fingerprint density at radius 1 is 1.44 bits per heavy atom. The number of hydrogen-bond donors (Lipinski definition) is 3. The molecule has 0 saturated carbocycles. The molecule has 1 aromatic heterocycles. The fraction of sp³-hybridized carbons (Fsp3) is 0.667. The van der Waals surface area contributed by atoms with Gasteiger partial charge in [-0.3, -0.25) is 9.89 Å². The smallest absolute Gasteiger partial charge is 0.277 e. The molecule has 3 heterocycles. The van der Waals surface area contributed by atoms with Crippen LogP contribution in [0.2, 0.25) is 0 Å². The third kappa shape index (κ3) is 1.59. The predicted molar refractivity (Wildman–Crippen MR) is 66.0 cm³/mol. The summed E-state index contributed by atoms with van der Waals surface area (Å²) in [6, 6.07) is 0.283. The number of nitrogen functional groups attached to an aromatic ring is 1. The summed E-state index contributed by atoms with van der Waals surface area (Å²) in [4.78, 5) is 14.4. The van der Waals surface area contributed by atoms with Crippen LogP contribution in [0.4, 0.5) is 5.69 Å². The molecule has 2 aliphatic heterocycles. The normalized spacial score (nSPS) is 30.8. The zero-order chi connectivity index (χ0) is 12.9. The van der Waals surface area contributed by atoms with Gasteiger partial charge in [0.2, 0.25) is 0 Å². The van der Waals surface area contributed by atoms with E-state index in [1.807, 2.05) is 4.90 Å². The Hall–Kier alpha value is -1.56. The maximum atomic E-state index is 12.5. The van der Waals surface area contributed by atoms with E-state index in [1.54, 1.807) is 6.92 Å². The maximum Gasteiger partial charge on any atom is 0.277 e. The van der Waals surface area contributed by atoms with Gasteiger partial charge in [0.15, 0.2) is 5.69 Å². The SMILES string of the molecule is Cc1[nH]nc(C(=O)N2C3CCC2CC(O)C3)c1N. The van der Waals surface area contributed by atoms with Gasteiger partial charge in [-0.15, -0.1) is 0 Å². The molecular formula is C12H18N4O2. The van der Waals surface area contributed by atoms with Crippen LogP contribution in [0.15, 0.2) is 0 Å². The van der Waals surface area contributed by atoms with E-state index in [9.17, 15) is 9.90 Å². The Morgan fingerprint density at radius 2 is 2.06 bits per heavy atom. The lowest BCUT2D eigenvalue weighted by Gasteiger charge is -2.36. The minimum Gasteiger partial charge on any atom is -0.395 e. The second-order valence-electron chi connectivity index (χ2n) is 5.33. The first-order valence-electron chi connectivity index (χ1n) is 6.39. The number of carbonyl (C=O) groups is 1. The number of piperidine rings is 1. The number of amides is 1. The number of aliphatic hydroxyl groups is 1. The van der Waals surface area contributed by atoms with E-state index in [1.165, 1.54) is 0 Å². The van der Waals surface area contributed by atoms with Gasteiger partial charge in [0.1, 0.15) is 0 Å². The Labute approximate surface area is 105 Å². The molecule has 98 valence electrons. The zero-order valence-corrected chi connectivity index (χ0v) is 10.4. The van der Waals surface area contributed by atoms with Crippen LogP contribution in [0.1, 0.15) is 41.9 Å². The summed E-state index contributed by atoms with van der Waals surface area (Å²) >= 11 is 0. The van der Waals surface area contributed by atoms with Crippen molar-refractivity contribution in [2.75, 3.05) is 5.73 Å². The van der Waals surface area contributed by atoms with Crippen molar-refractivity contribution in [3.05, 3.63) is 11.4 Å². The first-order valence-corrected chi connectivity index (χ1v) is 6.39. The largest absolute Gasteiger partial charge is 0.395 e. The molecule has 3 rings (SSSR count). The monoisotopic (exact) mass is 250 g/mol. The average Bonchev–Trinajstić information content (AvgIpc) is 2.79. The standard InChI is InChI=1S/C12H18N4O2/c1-6-10(13)11(15-14-6)12(18)16-7-2-3-8(16)5-9(17)4-7/h7-9,17H,2-5,13H2,1H3,(H,14,15). The Kier molecular flexibility index (Phi) is 2.55. The van der Waals surface area contributed by atoms with Crippen LogP contribution in [0, 0.1) is 6.92 Å².